The summed E-state index contributed by atoms with van der Waals surface area (Å²) in [6.45, 7) is 13.3. The van der Waals surface area contributed by atoms with Gasteiger partial charge in [0.2, 0.25) is 0 Å². The van der Waals surface area contributed by atoms with Crippen LogP contribution in [0.3, 0.4) is 0 Å². The van der Waals surface area contributed by atoms with Gasteiger partial charge in [-0.3, -0.25) is 0 Å². The second-order valence-electron chi connectivity index (χ2n) is 7.35. The minimum Gasteiger partial charge on any atom is -0.240 e. The van der Waals surface area contributed by atoms with Crippen LogP contribution in [-0.4, -0.2) is 9.97 Å². The van der Waals surface area contributed by atoms with Gasteiger partial charge in [-0.25, -0.2) is 9.97 Å². The fourth-order valence-electron chi connectivity index (χ4n) is 2.59. The zero-order valence-corrected chi connectivity index (χ0v) is 13.6. The topological polar surface area (TPSA) is 25.8 Å². The molecule has 0 N–H and O–H groups in total. The summed E-state index contributed by atoms with van der Waals surface area (Å²) < 4.78 is 0. The van der Waals surface area contributed by atoms with E-state index in [9.17, 15) is 0 Å². The highest BCUT2D eigenvalue weighted by Gasteiger charge is 2.21. The lowest BCUT2D eigenvalue weighted by molar-refractivity contribution is 0.473. The maximum absolute atomic E-state index is 4.70. The molecule has 0 aliphatic rings. The molecule has 0 bridgehead atoms. The average molecular weight is 270 g/mol. The van der Waals surface area contributed by atoms with Crippen molar-refractivity contribution >= 4 is 10.9 Å². The average Bonchev–Trinajstić information content (AvgIpc) is 2.36. The van der Waals surface area contributed by atoms with E-state index in [1.54, 1.807) is 0 Å². The summed E-state index contributed by atoms with van der Waals surface area (Å²) in [7, 11) is 0. The van der Waals surface area contributed by atoms with Crippen LogP contribution in [0, 0.1) is 0 Å². The lowest BCUT2D eigenvalue weighted by Gasteiger charge is -2.25. The Morgan fingerprint density at radius 3 is 2.35 bits per heavy atom. The second kappa shape index (κ2) is 5.16. The van der Waals surface area contributed by atoms with Gasteiger partial charge in [-0.1, -0.05) is 54.0 Å². The van der Waals surface area contributed by atoms with E-state index in [4.69, 9.17) is 4.98 Å². The van der Waals surface area contributed by atoms with Crippen molar-refractivity contribution < 1.29 is 0 Å². The normalized spacial score (nSPS) is 12.9. The van der Waals surface area contributed by atoms with Gasteiger partial charge in [0.05, 0.1) is 5.52 Å². The fourth-order valence-corrected chi connectivity index (χ4v) is 2.59. The lowest BCUT2D eigenvalue weighted by atomic mass is 9.80. The summed E-state index contributed by atoms with van der Waals surface area (Å²) in [5.41, 5.74) is 2.62. The van der Waals surface area contributed by atoms with Crippen molar-refractivity contribution in [3.05, 3.63) is 35.8 Å². The molecule has 2 heteroatoms. The molecule has 1 aromatic heterocycles. The zero-order valence-electron chi connectivity index (χ0n) is 13.6. The van der Waals surface area contributed by atoms with Crippen molar-refractivity contribution in [3.8, 4) is 0 Å². The van der Waals surface area contributed by atoms with Crippen molar-refractivity contribution in [1.29, 1.82) is 0 Å². The molecule has 108 valence electrons. The standard InChI is InChI=1S/C18H26N2/c1-7-10-18(5,6)14-8-9-15-13(11-14)12-19-16(20-15)17(2,3)4/h8-9,11-12H,7,10H2,1-6H3. The summed E-state index contributed by atoms with van der Waals surface area (Å²) in [4.78, 5) is 9.24. The number of hydrogen-bond acceptors (Lipinski definition) is 2. The molecule has 1 aromatic carbocycles. The van der Waals surface area contributed by atoms with E-state index < -0.39 is 0 Å². The van der Waals surface area contributed by atoms with Crippen LogP contribution in [0.1, 0.15) is 65.8 Å². The zero-order chi connectivity index (χ0) is 15.0. The number of nitrogens with zero attached hydrogens (tertiary/aromatic N) is 2. The highest BCUT2D eigenvalue weighted by molar-refractivity contribution is 5.78. The van der Waals surface area contributed by atoms with Gasteiger partial charge in [0.25, 0.3) is 0 Å². The largest absolute Gasteiger partial charge is 0.240 e. The quantitative estimate of drug-likeness (QED) is 0.784. The van der Waals surface area contributed by atoms with E-state index in [0.29, 0.717) is 0 Å². The molecule has 2 rings (SSSR count). The van der Waals surface area contributed by atoms with Gasteiger partial charge >= 0.3 is 0 Å². The first kappa shape index (κ1) is 15.0. The molecule has 2 nitrogen and oxygen atoms in total. The summed E-state index contributed by atoms with van der Waals surface area (Å²) >= 11 is 0. The highest BCUT2D eigenvalue weighted by atomic mass is 14.9. The summed E-state index contributed by atoms with van der Waals surface area (Å²) in [5.74, 6) is 0.908. The molecule has 0 fully saturated rings. The number of benzene rings is 1. The van der Waals surface area contributed by atoms with E-state index in [0.717, 1.165) is 16.7 Å². The summed E-state index contributed by atoms with van der Waals surface area (Å²) in [6, 6.07) is 6.61. The second-order valence-corrected chi connectivity index (χ2v) is 7.35. The predicted molar refractivity (Wildman–Crippen MR) is 86.2 cm³/mol. The minimum absolute atomic E-state index is 0.00561. The fraction of sp³-hybridized carbons (Fsp3) is 0.556. The molecule has 0 spiro atoms. The predicted octanol–water partition coefficient (Wildman–Crippen LogP) is 5.01. The van der Waals surface area contributed by atoms with Crippen molar-refractivity contribution in [1.82, 2.24) is 9.97 Å². The van der Waals surface area contributed by atoms with Crippen molar-refractivity contribution in [3.63, 3.8) is 0 Å². The molecule has 0 atom stereocenters. The van der Waals surface area contributed by atoms with Gasteiger partial charge in [-0.15, -0.1) is 0 Å². The first-order valence-corrected chi connectivity index (χ1v) is 7.52. The van der Waals surface area contributed by atoms with Gasteiger partial charge in [-0.2, -0.15) is 0 Å². The Bertz CT molecular complexity index is 606. The molecule has 0 aliphatic carbocycles. The Balaban J connectivity index is 2.47. The maximum Gasteiger partial charge on any atom is 0.134 e. The molecular weight excluding hydrogens is 244 g/mol. The van der Waals surface area contributed by atoms with E-state index in [2.05, 4.69) is 64.7 Å². The van der Waals surface area contributed by atoms with E-state index in [1.165, 1.54) is 18.4 Å². The molecule has 20 heavy (non-hydrogen) atoms. The molecule has 2 aromatic rings. The van der Waals surface area contributed by atoms with Gasteiger partial charge in [-0.05, 0) is 29.5 Å². The van der Waals surface area contributed by atoms with E-state index in [1.807, 2.05) is 6.20 Å². The van der Waals surface area contributed by atoms with Crippen LogP contribution in [0.15, 0.2) is 24.4 Å². The first-order valence-electron chi connectivity index (χ1n) is 7.52. The summed E-state index contributed by atoms with van der Waals surface area (Å²) in [6.07, 6.45) is 4.36. The van der Waals surface area contributed by atoms with Crippen molar-refractivity contribution in [2.24, 2.45) is 0 Å². The number of hydrogen-bond donors (Lipinski definition) is 0. The molecule has 0 amide bonds. The third-order valence-electron chi connectivity index (χ3n) is 3.91. The van der Waals surface area contributed by atoms with Crippen LogP contribution in [0.2, 0.25) is 0 Å². The van der Waals surface area contributed by atoms with Crippen molar-refractivity contribution in [2.45, 2.75) is 65.2 Å². The molecule has 1 heterocycles. The van der Waals surface area contributed by atoms with Gasteiger partial charge in [0.1, 0.15) is 5.82 Å². The first-order chi connectivity index (χ1) is 9.24. The molecule has 0 unspecified atom stereocenters. The minimum atomic E-state index is -0.00561. The van der Waals surface area contributed by atoms with Crippen LogP contribution >= 0.6 is 0 Å². The monoisotopic (exact) mass is 270 g/mol. The maximum atomic E-state index is 4.70. The van der Waals surface area contributed by atoms with Gasteiger partial charge in [0.15, 0.2) is 0 Å². The smallest absolute Gasteiger partial charge is 0.134 e. The van der Waals surface area contributed by atoms with Gasteiger partial charge < -0.3 is 0 Å². The molecule has 0 radical (unpaired) electrons. The van der Waals surface area contributed by atoms with Crippen LogP contribution < -0.4 is 0 Å². The Hall–Kier alpha value is -1.44. The van der Waals surface area contributed by atoms with Gasteiger partial charge in [0, 0.05) is 17.0 Å². The van der Waals surface area contributed by atoms with Crippen molar-refractivity contribution in [2.75, 3.05) is 0 Å². The van der Waals surface area contributed by atoms with Crippen LogP contribution in [0.25, 0.3) is 10.9 Å². The Labute approximate surface area is 122 Å². The summed E-state index contributed by atoms with van der Waals surface area (Å²) in [5, 5.41) is 1.14. The van der Waals surface area contributed by atoms with E-state index in [-0.39, 0.29) is 10.8 Å². The molecular formula is C18H26N2. The third-order valence-corrected chi connectivity index (χ3v) is 3.91. The molecule has 0 saturated heterocycles. The number of rotatable bonds is 3. The van der Waals surface area contributed by atoms with Crippen LogP contribution in [0.5, 0.6) is 0 Å². The third kappa shape index (κ3) is 3.00. The van der Waals surface area contributed by atoms with Crippen LogP contribution in [-0.2, 0) is 10.8 Å². The molecule has 0 aliphatic heterocycles. The Morgan fingerprint density at radius 1 is 1.05 bits per heavy atom. The Morgan fingerprint density at radius 2 is 1.75 bits per heavy atom. The number of aromatic nitrogens is 2. The lowest BCUT2D eigenvalue weighted by Crippen LogP contribution is -2.17. The van der Waals surface area contributed by atoms with E-state index >= 15 is 0 Å². The Kier molecular flexibility index (Phi) is 3.86. The van der Waals surface area contributed by atoms with Crippen LogP contribution in [0.4, 0.5) is 0 Å². The number of fused-ring (bicyclic) bond motifs is 1. The highest BCUT2D eigenvalue weighted by Crippen LogP contribution is 2.30. The molecule has 0 saturated carbocycles. The SMILES string of the molecule is CCCC(C)(C)c1ccc2nc(C(C)(C)C)ncc2c1.